The van der Waals surface area contributed by atoms with Crippen LogP contribution in [0.5, 0.6) is 0 Å². The Morgan fingerprint density at radius 2 is 2.24 bits per heavy atom. The molecule has 3 aromatic rings. The van der Waals surface area contributed by atoms with Crippen LogP contribution >= 0.6 is 11.3 Å². The highest BCUT2D eigenvalue weighted by Crippen LogP contribution is 2.23. The van der Waals surface area contributed by atoms with Gasteiger partial charge >= 0.3 is 0 Å². The van der Waals surface area contributed by atoms with E-state index < -0.39 is 0 Å². The minimum atomic E-state index is -0.269. The predicted octanol–water partition coefficient (Wildman–Crippen LogP) is 0.276. The summed E-state index contributed by atoms with van der Waals surface area (Å²) in [7, 11) is 1.86. The van der Waals surface area contributed by atoms with Crippen molar-refractivity contribution in [2.45, 2.75) is 13.0 Å². The van der Waals surface area contributed by atoms with Gasteiger partial charge in [-0.2, -0.15) is 14.7 Å². The molecule has 3 rings (SSSR count). The highest BCUT2D eigenvalue weighted by molar-refractivity contribution is 7.16. The van der Waals surface area contributed by atoms with Gasteiger partial charge in [0, 0.05) is 18.8 Å². The summed E-state index contributed by atoms with van der Waals surface area (Å²) in [5.74, 6) is 0.765. The van der Waals surface area contributed by atoms with Crippen LogP contribution in [0, 0.1) is 6.92 Å². The summed E-state index contributed by atoms with van der Waals surface area (Å²) in [6.07, 6.45) is 3.64. The maximum absolute atomic E-state index is 6.14. The Balaban J connectivity index is 2.03. The van der Waals surface area contributed by atoms with Crippen molar-refractivity contribution in [2.75, 3.05) is 0 Å². The molecule has 8 heteroatoms. The van der Waals surface area contributed by atoms with Gasteiger partial charge < -0.3 is 5.73 Å². The van der Waals surface area contributed by atoms with Crippen molar-refractivity contribution < 1.29 is 0 Å². The molecular weight excluding hydrogens is 238 g/mol. The molecule has 0 amide bonds. The number of fused-ring (bicyclic) bond motifs is 1. The van der Waals surface area contributed by atoms with E-state index in [0.29, 0.717) is 0 Å². The van der Waals surface area contributed by atoms with E-state index in [2.05, 4.69) is 20.4 Å². The Kier molecular flexibility index (Phi) is 2.20. The Hall–Kier alpha value is -1.80. The number of hydrogen-bond acceptors (Lipinski definition) is 6. The Labute approximate surface area is 101 Å². The molecule has 88 valence electrons. The largest absolute Gasteiger partial charge is 0.318 e. The van der Waals surface area contributed by atoms with Crippen LogP contribution in [0.3, 0.4) is 0 Å². The highest BCUT2D eigenvalue weighted by Gasteiger charge is 2.17. The van der Waals surface area contributed by atoms with E-state index in [-0.39, 0.29) is 6.04 Å². The topological polar surface area (TPSA) is 86.9 Å². The Bertz CT molecular complexity index is 664. The minimum Gasteiger partial charge on any atom is -0.318 e. The Morgan fingerprint density at radius 1 is 1.41 bits per heavy atom. The molecule has 7 nitrogen and oxygen atoms in total. The first-order chi connectivity index (χ1) is 8.15. The van der Waals surface area contributed by atoms with Crippen molar-refractivity contribution in [3.05, 3.63) is 28.8 Å². The molecule has 0 spiro atoms. The van der Waals surface area contributed by atoms with Gasteiger partial charge in [-0.3, -0.25) is 4.68 Å². The fourth-order valence-corrected chi connectivity index (χ4v) is 2.51. The fourth-order valence-electron chi connectivity index (χ4n) is 1.60. The summed E-state index contributed by atoms with van der Waals surface area (Å²) in [6.45, 7) is 1.86. The van der Waals surface area contributed by atoms with Crippen LogP contribution in [0.15, 0.2) is 12.4 Å². The summed E-state index contributed by atoms with van der Waals surface area (Å²) in [5.41, 5.74) is 7.08. The van der Waals surface area contributed by atoms with Crippen LogP contribution in [-0.2, 0) is 7.05 Å². The third-order valence-corrected chi connectivity index (χ3v) is 3.49. The van der Waals surface area contributed by atoms with E-state index in [9.17, 15) is 0 Å². The van der Waals surface area contributed by atoms with Gasteiger partial charge in [0.1, 0.15) is 5.01 Å². The smallest absolute Gasteiger partial charge is 0.234 e. The molecule has 0 saturated heterocycles. The molecule has 2 N–H and O–H groups in total. The molecule has 1 unspecified atom stereocenters. The molecule has 3 heterocycles. The van der Waals surface area contributed by atoms with Gasteiger partial charge in [-0.25, -0.2) is 0 Å². The van der Waals surface area contributed by atoms with Crippen LogP contribution < -0.4 is 5.73 Å². The molecule has 0 aliphatic rings. The second-order valence-corrected chi connectivity index (χ2v) is 4.79. The minimum absolute atomic E-state index is 0.269. The van der Waals surface area contributed by atoms with E-state index in [0.717, 1.165) is 21.4 Å². The number of aromatic nitrogens is 6. The molecule has 0 aliphatic carbocycles. The van der Waals surface area contributed by atoms with Gasteiger partial charge in [-0.15, -0.1) is 10.2 Å². The van der Waals surface area contributed by atoms with Crippen molar-refractivity contribution in [1.29, 1.82) is 0 Å². The van der Waals surface area contributed by atoms with Crippen molar-refractivity contribution in [1.82, 2.24) is 29.6 Å². The quantitative estimate of drug-likeness (QED) is 0.704. The predicted molar refractivity (Wildman–Crippen MR) is 62.6 cm³/mol. The number of rotatable bonds is 2. The molecule has 0 bridgehead atoms. The van der Waals surface area contributed by atoms with Gasteiger partial charge in [0.2, 0.25) is 4.96 Å². The summed E-state index contributed by atoms with van der Waals surface area (Å²) < 4.78 is 3.43. The molecule has 0 radical (unpaired) electrons. The van der Waals surface area contributed by atoms with Crippen LogP contribution in [0.4, 0.5) is 0 Å². The second kappa shape index (κ2) is 3.60. The number of aryl methyl sites for hydroxylation is 2. The number of nitrogens with zero attached hydrogens (tertiary/aromatic N) is 6. The zero-order valence-electron chi connectivity index (χ0n) is 9.40. The van der Waals surface area contributed by atoms with Crippen LogP contribution in [-0.4, -0.2) is 29.6 Å². The summed E-state index contributed by atoms with van der Waals surface area (Å²) in [5, 5.41) is 17.3. The summed E-state index contributed by atoms with van der Waals surface area (Å²) in [4.78, 5) is 0.761. The van der Waals surface area contributed by atoms with E-state index in [4.69, 9.17) is 5.73 Å². The van der Waals surface area contributed by atoms with Crippen molar-refractivity contribution in [3.63, 3.8) is 0 Å². The third-order valence-electron chi connectivity index (χ3n) is 2.51. The van der Waals surface area contributed by atoms with E-state index in [1.165, 1.54) is 11.3 Å². The first-order valence-electron chi connectivity index (χ1n) is 5.08. The molecule has 0 aliphatic heterocycles. The lowest BCUT2D eigenvalue weighted by molar-refractivity contribution is 0.761. The van der Waals surface area contributed by atoms with E-state index in [1.807, 2.05) is 20.2 Å². The van der Waals surface area contributed by atoms with E-state index >= 15 is 0 Å². The zero-order chi connectivity index (χ0) is 12.0. The second-order valence-electron chi connectivity index (χ2n) is 3.81. The molecule has 0 saturated carbocycles. The highest BCUT2D eigenvalue weighted by atomic mass is 32.1. The van der Waals surface area contributed by atoms with Gasteiger partial charge in [-0.05, 0) is 6.92 Å². The van der Waals surface area contributed by atoms with Gasteiger partial charge in [0.15, 0.2) is 5.82 Å². The molecule has 3 aromatic heterocycles. The molecule has 0 fully saturated rings. The Morgan fingerprint density at radius 3 is 2.88 bits per heavy atom. The summed E-state index contributed by atoms with van der Waals surface area (Å²) >= 11 is 1.45. The average Bonchev–Trinajstić information content (AvgIpc) is 2.96. The summed E-state index contributed by atoms with van der Waals surface area (Å²) in [6, 6.07) is -0.269. The van der Waals surface area contributed by atoms with Crippen molar-refractivity contribution >= 4 is 16.3 Å². The average molecular weight is 249 g/mol. The maximum atomic E-state index is 6.14. The molecule has 1 atom stereocenters. The van der Waals surface area contributed by atoms with Crippen LogP contribution in [0.1, 0.15) is 22.4 Å². The lowest BCUT2D eigenvalue weighted by Gasteiger charge is -2.03. The third kappa shape index (κ3) is 1.61. The van der Waals surface area contributed by atoms with E-state index in [1.54, 1.807) is 15.4 Å². The lowest BCUT2D eigenvalue weighted by Crippen LogP contribution is -2.11. The number of hydrogen-bond donors (Lipinski definition) is 1. The first kappa shape index (κ1) is 10.4. The zero-order valence-corrected chi connectivity index (χ0v) is 10.2. The SMILES string of the molecule is Cc1nnc2sc(C(N)c3cnn(C)c3)nn12. The van der Waals surface area contributed by atoms with Gasteiger partial charge in [-0.1, -0.05) is 11.3 Å². The van der Waals surface area contributed by atoms with Gasteiger partial charge in [0.05, 0.1) is 12.2 Å². The van der Waals surface area contributed by atoms with Crippen LogP contribution in [0.25, 0.3) is 4.96 Å². The van der Waals surface area contributed by atoms with Gasteiger partial charge in [0.25, 0.3) is 0 Å². The van der Waals surface area contributed by atoms with Crippen molar-refractivity contribution in [3.8, 4) is 0 Å². The fraction of sp³-hybridized carbons (Fsp3) is 0.333. The monoisotopic (exact) mass is 249 g/mol. The normalized spacial score (nSPS) is 13.4. The first-order valence-corrected chi connectivity index (χ1v) is 5.89. The molecule has 0 aromatic carbocycles. The standard InChI is InChI=1S/C9H11N7S/c1-5-12-13-9-16(5)14-8(17-9)7(10)6-3-11-15(2)4-6/h3-4,7H,10H2,1-2H3. The molecule has 17 heavy (non-hydrogen) atoms. The lowest BCUT2D eigenvalue weighted by atomic mass is 10.2. The maximum Gasteiger partial charge on any atom is 0.234 e. The molecular formula is C9H11N7S. The van der Waals surface area contributed by atoms with Crippen LogP contribution in [0.2, 0.25) is 0 Å². The number of nitrogens with two attached hydrogens (primary N) is 1. The van der Waals surface area contributed by atoms with Crippen molar-refractivity contribution in [2.24, 2.45) is 12.8 Å².